The second-order valence-corrected chi connectivity index (χ2v) is 5.20. The van der Waals surface area contributed by atoms with Crippen molar-refractivity contribution in [2.75, 3.05) is 0 Å². The van der Waals surface area contributed by atoms with Gasteiger partial charge < -0.3 is 15.7 Å². The summed E-state index contributed by atoms with van der Waals surface area (Å²) in [6, 6.07) is 11.7. The summed E-state index contributed by atoms with van der Waals surface area (Å²) in [6.07, 6.45) is 0. The Morgan fingerprint density at radius 1 is 1.10 bits per heavy atom. The summed E-state index contributed by atoms with van der Waals surface area (Å²) in [5, 5.41) is 11.6. The predicted octanol–water partition coefficient (Wildman–Crippen LogP) is 3.29. The van der Waals surface area contributed by atoms with Crippen LogP contribution < -0.4 is 10.5 Å². The molecule has 2 aromatic carbocycles. The zero-order valence-electron chi connectivity index (χ0n) is 12.6. The topological polar surface area (TPSA) is 67.8 Å². The van der Waals surface area contributed by atoms with Crippen LogP contribution in [0.5, 0.6) is 5.75 Å². The number of amidine groups is 1. The van der Waals surface area contributed by atoms with Crippen LogP contribution >= 0.6 is 0 Å². The molecule has 0 amide bonds. The number of benzene rings is 2. The zero-order valence-corrected chi connectivity index (χ0v) is 12.6. The monoisotopic (exact) mass is 284 g/mol. The van der Waals surface area contributed by atoms with E-state index in [0.717, 1.165) is 22.4 Å². The van der Waals surface area contributed by atoms with Crippen LogP contribution in [0, 0.1) is 20.8 Å². The summed E-state index contributed by atoms with van der Waals surface area (Å²) >= 11 is 0. The molecule has 3 N–H and O–H groups in total. The maximum atomic E-state index is 8.63. The Labute approximate surface area is 124 Å². The van der Waals surface area contributed by atoms with Gasteiger partial charge in [0.15, 0.2) is 5.84 Å². The average molecular weight is 284 g/mol. The molecule has 0 heterocycles. The molecule has 4 nitrogen and oxygen atoms in total. The van der Waals surface area contributed by atoms with Crippen molar-refractivity contribution in [3.8, 4) is 5.75 Å². The molecule has 0 fully saturated rings. The van der Waals surface area contributed by atoms with Crippen molar-refractivity contribution >= 4 is 5.84 Å². The predicted molar refractivity (Wildman–Crippen MR) is 83.9 cm³/mol. The van der Waals surface area contributed by atoms with E-state index in [0.29, 0.717) is 12.2 Å². The van der Waals surface area contributed by atoms with Gasteiger partial charge in [-0.25, -0.2) is 0 Å². The lowest BCUT2D eigenvalue weighted by Crippen LogP contribution is -2.12. The largest absolute Gasteiger partial charge is 0.488 e. The number of nitrogens with two attached hydrogens (primary N) is 1. The molecule has 0 spiro atoms. The number of hydrogen-bond acceptors (Lipinski definition) is 3. The molecule has 0 aliphatic carbocycles. The van der Waals surface area contributed by atoms with E-state index >= 15 is 0 Å². The number of hydrogen-bond donors (Lipinski definition) is 2. The van der Waals surface area contributed by atoms with Crippen LogP contribution in [0.3, 0.4) is 0 Å². The van der Waals surface area contributed by atoms with Gasteiger partial charge in [0, 0.05) is 5.56 Å². The molecule has 0 radical (unpaired) electrons. The van der Waals surface area contributed by atoms with E-state index in [9.17, 15) is 0 Å². The van der Waals surface area contributed by atoms with Crippen LogP contribution in [0.1, 0.15) is 27.8 Å². The minimum absolute atomic E-state index is 0.104. The minimum atomic E-state index is 0.104. The summed E-state index contributed by atoms with van der Waals surface area (Å²) < 4.78 is 5.92. The third kappa shape index (κ3) is 3.54. The van der Waals surface area contributed by atoms with Gasteiger partial charge in [0.2, 0.25) is 0 Å². The van der Waals surface area contributed by atoms with Crippen molar-refractivity contribution in [3.05, 3.63) is 64.2 Å². The molecule has 2 aromatic rings. The number of oxime groups is 1. The van der Waals surface area contributed by atoms with Gasteiger partial charge in [-0.1, -0.05) is 47.1 Å². The van der Waals surface area contributed by atoms with Gasteiger partial charge >= 0.3 is 0 Å². The highest BCUT2D eigenvalue weighted by molar-refractivity contribution is 5.96. The van der Waals surface area contributed by atoms with E-state index in [-0.39, 0.29) is 5.84 Å². The van der Waals surface area contributed by atoms with E-state index in [4.69, 9.17) is 15.7 Å². The Bertz CT molecular complexity index is 638. The van der Waals surface area contributed by atoms with Crippen LogP contribution in [0.25, 0.3) is 0 Å². The standard InChI is InChI=1S/C17H20N2O2/c1-11-8-12(2)16(13(3)9-11)21-10-14-4-6-15(7-5-14)17(18)19-20/h4-9,20H,10H2,1-3H3,(H2,18,19). The maximum absolute atomic E-state index is 8.63. The Morgan fingerprint density at radius 2 is 1.67 bits per heavy atom. The van der Waals surface area contributed by atoms with Crippen LogP contribution in [-0.4, -0.2) is 11.0 Å². The zero-order chi connectivity index (χ0) is 15.4. The number of nitrogens with zero attached hydrogens (tertiary/aromatic N) is 1. The Kier molecular flexibility index (Phi) is 4.48. The minimum Gasteiger partial charge on any atom is -0.488 e. The molecule has 0 bridgehead atoms. The first-order chi connectivity index (χ1) is 10.0. The van der Waals surface area contributed by atoms with Crippen molar-refractivity contribution in [2.24, 2.45) is 10.9 Å². The molecular formula is C17H20N2O2. The van der Waals surface area contributed by atoms with E-state index in [1.165, 1.54) is 5.56 Å². The second kappa shape index (κ2) is 6.31. The van der Waals surface area contributed by atoms with Crippen LogP contribution in [0.4, 0.5) is 0 Å². The van der Waals surface area contributed by atoms with Crippen molar-refractivity contribution < 1.29 is 9.94 Å². The van der Waals surface area contributed by atoms with Crippen molar-refractivity contribution in [1.82, 2.24) is 0 Å². The first kappa shape index (κ1) is 14.9. The normalized spacial score (nSPS) is 11.5. The lowest BCUT2D eigenvalue weighted by atomic mass is 10.1. The van der Waals surface area contributed by atoms with Gasteiger partial charge in [0.05, 0.1) is 0 Å². The Hall–Kier alpha value is -2.49. The summed E-state index contributed by atoms with van der Waals surface area (Å²) in [5.74, 6) is 1.04. The van der Waals surface area contributed by atoms with E-state index in [2.05, 4.69) is 38.1 Å². The fourth-order valence-corrected chi connectivity index (χ4v) is 2.38. The third-order valence-corrected chi connectivity index (χ3v) is 3.35. The maximum Gasteiger partial charge on any atom is 0.170 e. The van der Waals surface area contributed by atoms with Gasteiger partial charge in [0.1, 0.15) is 12.4 Å². The summed E-state index contributed by atoms with van der Waals surface area (Å²) in [4.78, 5) is 0. The van der Waals surface area contributed by atoms with Gasteiger partial charge in [-0.05, 0) is 37.5 Å². The van der Waals surface area contributed by atoms with Crippen LogP contribution in [-0.2, 0) is 6.61 Å². The van der Waals surface area contributed by atoms with Gasteiger partial charge in [-0.3, -0.25) is 0 Å². The lowest BCUT2D eigenvalue weighted by Gasteiger charge is -2.13. The highest BCUT2D eigenvalue weighted by Crippen LogP contribution is 2.25. The SMILES string of the molecule is Cc1cc(C)c(OCc2ccc(/C(N)=N/O)cc2)c(C)c1. The highest BCUT2D eigenvalue weighted by atomic mass is 16.5. The van der Waals surface area contributed by atoms with Crippen LogP contribution in [0.15, 0.2) is 41.6 Å². The molecule has 0 unspecified atom stereocenters. The fraction of sp³-hybridized carbons (Fsp3) is 0.235. The van der Waals surface area contributed by atoms with Crippen molar-refractivity contribution in [3.63, 3.8) is 0 Å². The lowest BCUT2D eigenvalue weighted by molar-refractivity contribution is 0.302. The van der Waals surface area contributed by atoms with E-state index in [1.807, 2.05) is 24.3 Å². The summed E-state index contributed by atoms with van der Waals surface area (Å²) in [6.45, 7) is 6.67. The first-order valence-electron chi connectivity index (χ1n) is 6.78. The highest BCUT2D eigenvalue weighted by Gasteiger charge is 2.06. The Morgan fingerprint density at radius 3 is 2.19 bits per heavy atom. The fourth-order valence-electron chi connectivity index (χ4n) is 2.38. The van der Waals surface area contributed by atoms with Crippen LogP contribution in [0.2, 0.25) is 0 Å². The Balaban J connectivity index is 2.10. The molecule has 110 valence electrons. The molecular weight excluding hydrogens is 264 g/mol. The molecule has 0 aromatic heterocycles. The molecule has 0 aliphatic heterocycles. The molecule has 0 atom stereocenters. The average Bonchev–Trinajstić information content (AvgIpc) is 2.46. The van der Waals surface area contributed by atoms with Gasteiger partial charge in [-0.15, -0.1) is 0 Å². The third-order valence-electron chi connectivity index (χ3n) is 3.35. The summed E-state index contributed by atoms with van der Waals surface area (Å²) in [5.41, 5.74) is 10.8. The molecule has 4 heteroatoms. The van der Waals surface area contributed by atoms with Crippen molar-refractivity contribution in [2.45, 2.75) is 27.4 Å². The van der Waals surface area contributed by atoms with Crippen molar-refractivity contribution in [1.29, 1.82) is 0 Å². The second-order valence-electron chi connectivity index (χ2n) is 5.20. The molecule has 0 saturated heterocycles. The van der Waals surface area contributed by atoms with E-state index in [1.54, 1.807) is 0 Å². The quantitative estimate of drug-likeness (QED) is 0.392. The smallest absolute Gasteiger partial charge is 0.170 e. The van der Waals surface area contributed by atoms with Gasteiger partial charge in [0.25, 0.3) is 0 Å². The molecule has 2 rings (SSSR count). The molecule has 0 saturated carbocycles. The van der Waals surface area contributed by atoms with E-state index < -0.39 is 0 Å². The number of aryl methyl sites for hydroxylation is 3. The first-order valence-corrected chi connectivity index (χ1v) is 6.78. The molecule has 0 aliphatic rings. The number of rotatable bonds is 4. The number of ether oxygens (including phenoxy) is 1. The molecule has 21 heavy (non-hydrogen) atoms. The van der Waals surface area contributed by atoms with Gasteiger partial charge in [-0.2, -0.15) is 0 Å². The summed E-state index contributed by atoms with van der Waals surface area (Å²) in [7, 11) is 0.